The number of rotatable bonds is 1. The molecule has 0 saturated carbocycles. The van der Waals surface area contributed by atoms with Crippen molar-refractivity contribution >= 4 is 16.5 Å². The zero-order chi connectivity index (χ0) is 8.39. The monoisotopic (exact) mass is 183 g/mol. The molecule has 1 aliphatic rings. The molecule has 1 fully saturated rings. The Morgan fingerprint density at radius 2 is 2.50 bits per heavy atom. The minimum atomic E-state index is 0.451. The lowest BCUT2D eigenvalue weighted by atomic mass is 10.0. The standard InChI is InChI=1S/C8H13N3S/c9-8-11-7(5-12-8)6-3-1-2-4-10-6/h5-6,10H,1-4H2,(H2,9,11)/t6-/m1/s1. The summed E-state index contributed by atoms with van der Waals surface area (Å²) in [5.74, 6) is 0. The van der Waals surface area contributed by atoms with Crippen LogP contribution in [0.2, 0.25) is 0 Å². The Morgan fingerprint density at radius 3 is 3.08 bits per heavy atom. The number of piperidine rings is 1. The van der Waals surface area contributed by atoms with Crippen molar-refractivity contribution in [3.8, 4) is 0 Å². The highest BCUT2D eigenvalue weighted by molar-refractivity contribution is 7.13. The van der Waals surface area contributed by atoms with Crippen LogP contribution in [-0.4, -0.2) is 11.5 Å². The molecule has 4 heteroatoms. The summed E-state index contributed by atoms with van der Waals surface area (Å²) in [4.78, 5) is 4.27. The first-order valence-corrected chi connectivity index (χ1v) is 5.18. The molecule has 0 amide bonds. The van der Waals surface area contributed by atoms with Gasteiger partial charge in [-0.1, -0.05) is 6.42 Å². The maximum absolute atomic E-state index is 5.56. The molecule has 0 aromatic carbocycles. The number of nitrogens with two attached hydrogens (primary N) is 1. The molecule has 3 nitrogen and oxygen atoms in total. The molecule has 0 unspecified atom stereocenters. The second kappa shape index (κ2) is 3.41. The number of nitrogen functional groups attached to an aromatic ring is 1. The number of hydrogen-bond acceptors (Lipinski definition) is 4. The van der Waals surface area contributed by atoms with Crippen LogP contribution in [0, 0.1) is 0 Å². The molecule has 0 radical (unpaired) electrons. The van der Waals surface area contributed by atoms with Gasteiger partial charge >= 0.3 is 0 Å². The van der Waals surface area contributed by atoms with Gasteiger partial charge in [0.2, 0.25) is 0 Å². The number of hydrogen-bond donors (Lipinski definition) is 2. The molecule has 2 heterocycles. The second-order valence-corrected chi connectivity index (χ2v) is 4.00. The molecule has 1 atom stereocenters. The average Bonchev–Trinajstić information content (AvgIpc) is 2.54. The third-order valence-electron chi connectivity index (χ3n) is 2.21. The van der Waals surface area contributed by atoms with E-state index in [9.17, 15) is 0 Å². The minimum absolute atomic E-state index is 0.451. The fraction of sp³-hybridized carbons (Fsp3) is 0.625. The predicted molar refractivity (Wildman–Crippen MR) is 51.1 cm³/mol. The summed E-state index contributed by atoms with van der Waals surface area (Å²) in [5, 5.41) is 6.17. The van der Waals surface area contributed by atoms with Crippen LogP contribution in [0.15, 0.2) is 5.38 Å². The van der Waals surface area contributed by atoms with Gasteiger partial charge in [-0.3, -0.25) is 0 Å². The van der Waals surface area contributed by atoms with Crippen LogP contribution < -0.4 is 11.1 Å². The summed E-state index contributed by atoms with van der Waals surface area (Å²) in [6.07, 6.45) is 3.79. The number of anilines is 1. The van der Waals surface area contributed by atoms with Crippen LogP contribution in [0.5, 0.6) is 0 Å². The number of thiazole rings is 1. The Bertz CT molecular complexity index is 253. The zero-order valence-corrected chi connectivity index (χ0v) is 7.73. The van der Waals surface area contributed by atoms with Crippen LogP contribution >= 0.6 is 11.3 Å². The van der Waals surface area contributed by atoms with Gasteiger partial charge < -0.3 is 11.1 Å². The lowest BCUT2D eigenvalue weighted by molar-refractivity contribution is 0.407. The maximum atomic E-state index is 5.56. The van der Waals surface area contributed by atoms with Crippen LogP contribution in [-0.2, 0) is 0 Å². The van der Waals surface area contributed by atoms with Gasteiger partial charge in [0.25, 0.3) is 0 Å². The molecule has 3 N–H and O–H groups in total. The van der Waals surface area contributed by atoms with E-state index in [1.807, 2.05) is 0 Å². The summed E-state index contributed by atoms with van der Waals surface area (Å²) in [6.45, 7) is 1.11. The molecule has 66 valence electrons. The van der Waals surface area contributed by atoms with E-state index >= 15 is 0 Å². The Balaban J connectivity index is 2.08. The Morgan fingerprint density at radius 1 is 1.58 bits per heavy atom. The summed E-state index contributed by atoms with van der Waals surface area (Å²) in [7, 11) is 0. The van der Waals surface area contributed by atoms with Crippen LogP contribution in [0.1, 0.15) is 31.0 Å². The fourth-order valence-electron chi connectivity index (χ4n) is 1.57. The van der Waals surface area contributed by atoms with Crippen molar-refractivity contribution in [2.45, 2.75) is 25.3 Å². The first-order chi connectivity index (χ1) is 5.86. The zero-order valence-electron chi connectivity index (χ0n) is 6.92. The van der Waals surface area contributed by atoms with E-state index in [1.54, 1.807) is 0 Å². The fourth-order valence-corrected chi connectivity index (χ4v) is 2.18. The molecule has 12 heavy (non-hydrogen) atoms. The Kier molecular flexibility index (Phi) is 2.28. The normalized spacial score (nSPS) is 24.2. The van der Waals surface area contributed by atoms with Crippen molar-refractivity contribution in [1.82, 2.24) is 10.3 Å². The molecular weight excluding hydrogens is 170 g/mol. The van der Waals surface area contributed by atoms with Gasteiger partial charge in [0.15, 0.2) is 5.13 Å². The molecule has 0 aliphatic carbocycles. The highest BCUT2D eigenvalue weighted by Crippen LogP contribution is 2.24. The number of nitrogens with zero attached hydrogens (tertiary/aromatic N) is 1. The second-order valence-electron chi connectivity index (χ2n) is 3.11. The summed E-state index contributed by atoms with van der Waals surface area (Å²) >= 11 is 1.52. The quantitative estimate of drug-likeness (QED) is 0.694. The maximum Gasteiger partial charge on any atom is 0.180 e. The van der Waals surface area contributed by atoms with Gasteiger partial charge in [-0.05, 0) is 19.4 Å². The van der Waals surface area contributed by atoms with Crippen LogP contribution in [0.4, 0.5) is 5.13 Å². The summed E-state index contributed by atoms with van der Waals surface area (Å²) in [5.41, 5.74) is 6.69. The Hall–Kier alpha value is -0.610. The molecule has 1 aliphatic heterocycles. The van der Waals surface area contributed by atoms with Gasteiger partial charge in [-0.15, -0.1) is 11.3 Å². The Labute approximate surface area is 76.0 Å². The average molecular weight is 183 g/mol. The van der Waals surface area contributed by atoms with E-state index in [0.29, 0.717) is 11.2 Å². The number of aromatic nitrogens is 1. The predicted octanol–water partition coefficient (Wildman–Crippen LogP) is 1.54. The van der Waals surface area contributed by atoms with E-state index in [0.717, 1.165) is 12.2 Å². The van der Waals surface area contributed by atoms with Gasteiger partial charge in [-0.25, -0.2) is 4.98 Å². The molecule has 1 aromatic heterocycles. The molecule has 1 saturated heterocycles. The molecule has 0 bridgehead atoms. The smallest absolute Gasteiger partial charge is 0.180 e. The van der Waals surface area contributed by atoms with Crippen molar-refractivity contribution in [2.75, 3.05) is 12.3 Å². The van der Waals surface area contributed by atoms with Gasteiger partial charge in [0.05, 0.1) is 11.7 Å². The first-order valence-electron chi connectivity index (χ1n) is 4.30. The van der Waals surface area contributed by atoms with Crippen molar-refractivity contribution in [3.05, 3.63) is 11.1 Å². The van der Waals surface area contributed by atoms with Gasteiger partial charge in [0.1, 0.15) is 0 Å². The molecular formula is C8H13N3S. The van der Waals surface area contributed by atoms with Crippen LogP contribution in [0.25, 0.3) is 0 Å². The van der Waals surface area contributed by atoms with E-state index in [-0.39, 0.29) is 0 Å². The van der Waals surface area contributed by atoms with Crippen molar-refractivity contribution in [2.24, 2.45) is 0 Å². The first kappa shape index (κ1) is 8.01. The summed E-state index contributed by atoms with van der Waals surface area (Å²) < 4.78 is 0. The summed E-state index contributed by atoms with van der Waals surface area (Å²) in [6, 6.07) is 0.451. The van der Waals surface area contributed by atoms with E-state index < -0.39 is 0 Å². The third-order valence-corrected chi connectivity index (χ3v) is 2.90. The third kappa shape index (κ3) is 1.59. The van der Waals surface area contributed by atoms with Gasteiger partial charge in [0, 0.05) is 5.38 Å². The van der Waals surface area contributed by atoms with E-state index in [1.165, 1.54) is 30.6 Å². The highest BCUT2D eigenvalue weighted by Gasteiger charge is 2.16. The van der Waals surface area contributed by atoms with Crippen molar-refractivity contribution in [3.63, 3.8) is 0 Å². The van der Waals surface area contributed by atoms with Crippen LogP contribution in [0.3, 0.4) is 0 Å². The topological polar surface area (TPSA) is 50.9 Å². The molecule has 0 spiro atoms. The van der Waals surface area contributed by atoms with Crippen molar-refractivity contribution in [1.29, 1.82) is 0 Å². The highest BCUT2D eigenvalue weighted by atomic mass is 32.1. The van der Waals surface area contributed by atoms with Gasteiger partial charge in [-0.2, -0.15) is 0 Å². The molecule has 1 aromatic rings. The lowest BCUT2D eigenvalue weighted by Gasteiger charge is -2.21. The largest absolute Gasteiger partial charge is 0.375 e. The SMILES string of the molecule is Nc1nc([C@H]2CCCCN2)cs1. The van der Waals surface area contributed by atoms with E-state index in [2.05, 4.69) is 15.7 Å². The lowest BCUT2D eigenvalue weighted by Crippen LogP contribution is -2.26. The van der Waals surface area contributed by atoms with E-state index in [4.69, 9.17) is 5.73 Å². The minimum Gasteiger partial charge on any atom is -0.375 e. The van der Waals surface area contributed by atoms with Crippen molar-refractivity contribution < 1.29 is 0 Å². The molecule has 2 rings (SSSR count). The number of nitrogens with one attached hydrogen (secondary N) is 1.